The van der Waals surface area contributed by atoms with Crippen molar-refractivity contribution < 1.29 is 14.3 Å². The van der Waals surface area contributed by atoms with Crippen molar-refractivity contribution in [1.82, 2.24) is 10.2 Å². The Morgan fingerprint density at radius 3 is 2.72 bits per heavy atom. The summed E-state index contributed by atoms with van der Waals surface area (Å²) in [6.45, 7) is 3.02. The molecular weight excluding hydrogens is 316 g/mol. The Morgan fingerprint density at radius 1 is 1.28 bits per heavy atom. The number of carbonyl (C=O) groups excluding carboxylic acids is 2. The average Bonchev–Trinajstić information content (AvgIpc) is 2.63. The summed E-state index contributed by atoms with van der Waals surface area (Å²) in [6.07, 6.45) is 6.91. The number of nitrogens with one attached hydrogen (secondary N) is 1. The number of hydrogen-bond acceptors (Lipinski definition) is 3. The van der Waals surface area contributed by atoms with Crippen LogP contribution in [-0.2, 0) is 4.79 Å². The molecule has 1 saturated carbocycles. The number of hydrogen-bond donors (Lipinski definition) is 1. The van der Waals surface area contributed by atoms with Crippen LogP contribution in [0.4, 0.5) is 0 Å². The summed E-state index contributed by atoms with van der Waals surface area (Å²) in [5, 5.41) is 2.94. The van der Waals surface area contributed by atoms with Gasteiger partial charge in [-0.25, -0.2) is 0 Å². The van der Waals surface area contributed by atoms with E-state index in [-0.39, 0.29) is 17.9 Å². The van der Waals surface area contributed by atoms with Gasteiger partial charge >= 0.3 is 0 Å². The van der Waals surface area contributed by atoms with Crippen LogP contribution in [0.1, 0.15) is 54.4 Å². The second kappa shape index (κ2) is 7.89. The molecule has 1 aromatic carbocycles. The van der Waals surface area contributed by atoms with Gasteiger partial charge in [-0.05, 0) is 43.0 Å². The normalized spacial score (nSPS) is 21.8. The van der Waals surface area contributed by atoms with E-state index in [2.05, 4.69) is 5.32 Å². The zero-order valence-corrected chi connectivity index (χ0v) is 15.2. The zero-order chi connectivity index (χ0) is 17.8. The average molecular weight is 344 g/mol. The van der Waals surface area contributed by atoms with Gasteiger partial charge in [0, 0.05) is 18.7 Å². The van der Waals surface area contributed by atoms with Crippen molar-refractivity contribution in [3.05, 3.63) is 29.3 Å². The third kappa shape index (κ3) is 3.97. The van der Waals surface area contributed by atoms with Gasteiger partial charge in [-0.15, -0.1) is 0 Å². The molecule has 25 heavy (non-hydrogen) atoms. The molecule has 0 bridgehead atoms. The first-order chi connectivity index (χ1) is 12.1. The third-order valence-corrected chi connectivity index (χ3v) is 5.54. The van der Waals surface area contributed by atoms with Gasteiger partial charge in [0.2, 0.25) is 5.91 Å². The zero-order valence-electron chi connectivity index (χ0n) is 15.2. The molecule has 1 N–H and O–H groups in total. The molecule has 1 aliphatic heterocycles. The number of benzene rings is 1. The van der Waals surface area contributed by atoms with E-state index < -0.39 is 0 Å². The number of nitrogens with zero attached hydrogens (tertiary/aromatic N) is 1. The fourth-order valence-electron chi connectivity index (χ4n) is 4.09. The lowest BCUT2D eigenvalue weighted by atomic mass is 9.84. The summed E-state index contributed by atoms with van der Waals surface area (Å²) in [5.41, 5.74) is 1.54. The molecule has 1 aromatic rings. The molecule has 1 atom stereocenters. The lowest BCUT2D eigenvalue weighted by molar-refractivity contribution is -0.128. The highest BCUT2D eigenvalue weighted by atomic mass is 16.5. The van der Waals surface area contributed by atoms with E-state index in [4.69, 9.17) is 4.74 Å². The number of rotatable bonds is 4. The molecule has 1 heterocycles. The quantitative estimate of drug-likeness (QED) is 0.914. The van der Waals surface area contributed by atoms with Crippen LogP contribution in [0.3, 0.4) is 0 Å². The first kappa shape index (κ1) is 17.8. The Hall–Kier alpha value is -2.04. The van der Waals surface area contributed by atoms with Crippen molar-refractivity contribution in [1.29, 1.82) is 0 Å². The highest BCUT2D eigenvalue weighted by molar-refractivity contribution is 5.99. The van der Waals surface area contributed by atoms with E-state index in [0.717, 1.165) is 17.7 Å². The first-order valence-corrected chi connectivity index (χ1v) is 9.33. The molecule has 5 nitrogen and oxygen atoms in total. The van der Waals surface area contributed by atoms with Gasteiger partial charge in [-0.1, -0.05) is 32.1 Å². The van der Waals surface area contributed by atoms with Gasteiger partial charge in [-0.3, -0.25) is 9.59 Å². The molecule has 136 valence electrons. The minimum Gasteiger partial charge on any atom is -0.497 e. The summed E-state index contributed by atoms with van der Waals surface area (Å²) in [4.78, 5) is 27.4. The van der Waals surface area contributed by atoms with E-state index in [1.165, 1.54) is 32.1 Å². The molecule has 1 saturated heterocycles. The van der Waals surface area contributed by atoms with Crippen LogP contribution in [0.15, 0.2) is 18.2 Å². The Balaban J connectivity index is 1.79. The van der Waals surface area contributed by atoms with Crippen molar-refractivity contribution in [2.24, 2.45) is 5.92 Å². The number of amides is 2. The number of aryl methyl sites for hydroxylation is 1. The van der Waals surface area contributed by atoms with Crippen molar-refractivity contribution >= 4 is 11.8 Å². The van der Waals surface area contributed by atoms with Crippen molar-refractivity contribution in [3.8, 4) is 5.75 Å². The van der Waals surface area contributed by atoms with Crippen molar-refractivity contribution in [2.45, 2.75) is 51.5 Å². The summed E-state index contributed by atoms with van der Waals surface area (Å²) in [5.74, 6) is 1.24. The van der Waals surface area contributed by atoms with Gasteiger partial charge < -0.3 is 15.0 Å². The molecule has 2 aliphatic rings. The van der Waals surface area contributed by atoms with E-state index in [1.54, 1.807) is 24.1 Å². The van der Waals surface area contributed by atoms with Crippen LogP contribution in [0, 0.1) is 12.8 Å². The van der Waals surface area contributed by atoms with Crippen LogP contribution in [-0.4, -0.2) is 43.0 Å². The van der Waals surface area contributed by atoms with Gasteiger partial charge in [0.05, 0.1) is 7.11 Å². The molecule has 3 rings (SSSR count). The number of ether oxygens (including phenoxy) is 1. The fourth-order valence-corrected chi connectivity index (χ4v) is 4.09. The van der Waals surface area contributed by atoms with Crippen LogP contribution >= 0.6 is 0 Å². The molecule has 5 heteroatoms. The Morgan fingerprint density at radius 2 is 2.04 bits per heavy atom. The van der Waals surface area contributed by atoms with E-state index in [1.807, 2.05) is 13.0 Å². The lowest BCUT2D eigenvalue weighted by Gasteiger charge is -2.38. The monoisotopic (exact) mass is 344 g/mol. The molecule has 1 unspecified atom stereocenters. The number of methoxy groups -OCH3 is 1. The second-order valence-electron chi connectivity index (χ2n) is 7.23. The molecule has 2 amide bonds. The lowest BCUT2D eigenvalue weighted by Crippen LogP contribution is -2.57. The Bertz CT molecular complexity index is 638. The first-order valence-electron chi connectivity index (χ1n) is 9.33. The fraction of sp³-hybridized carbons (Fsp3) is 0.600. The Kier molecular flexibility index (Phi) is 5.61. The maximum absolute atomic E-state index is 13.1. The maximum Gasteiger partial charge on any atom is 0.254 e. The van der Waals surface area contributed by atoms with Crippen LogP contribution in [0.25, 0.3) is 0 Å². The minimum atomic E-state index is -0.342. The predicted octanol–water partition coefficient (Wildman–Crippen LogP) is 2.91. The number of piperazine rings is 1. The number of carbonyl (C=O) groups is 2. The van der Waals surface area contributed by atoms with Crippen LogP contribution in [0.5, 0.6) is 5.75 Å². The van der Waals surface area contributed by atoms with Gasteiger partial charge in [0.25, 0.3) is 5.91 Å². The van der Waals surface area contributed by atoms with Crippen LogP contribution < -0.4 is 10.1 Å². The standard InChI is InChI=1S/C20H28N2O3/c1-14-12-16(25-2)8-9-17(14)20(24)22-11-10-21-19(23)18(22)13-15-6-4-3-5-7-15/h8-9,12,15,18H,3-7,10-11,13H2,1-2H3,(H,21,23). The molecular formula is C20H28N2O3. The van der Waals surface area contributed by atoms with Gasteiger partial charge in [0.15, 0.2) is 0 Å². The predicted molar refractivity (Wildman–Crippen MR) is 96.8 cm³/mol. The summed E-state index contributed by atoms with van der Waals surface area (Å²) >= 11 is 0. The highest BCUT2D eigenvalue weighted by Gasteiger charge is 2.35. The smallest absolute Gasteiger partial charge is 0.254 e. The second-order valence-corrected chi connectivity index (χ2v) is 7.23. The SMILES string of the molecule is COc1ccc(C(=O)N2CCNC(=O)C2CC2CCCCC2)c(C)c1. The van der Waals surface area contributed by atoms with Gasteiger partial charge in [0.1, 0.15) is 11.8 Å². The van der Waals surface area contributed by atoms with Crippen molar-refractivity contribution in [3.63, 3.8) is 0 Å². The molecule has 0 spiro atoms. The van der Waals surface area contributed by atoms with E-state index in [0.29, 0.717) is 24.6 Å². The maximum atomic E-state index is 13.1. The summed E-state index contributed by atoms with van der Waals surface area (Å²) < 4.78 is 5.22. The highest BCUT2D eigenvalue weighted by Crippen LogP contribution is 2.30. The Labute approximate surface area is 149 Å². The largest absolute Gasteiger partial charge is 0.497 e. The summed E-state index contributed by atoms with van der Waals surface area (Å²) in [6, 6.07) is 5.14. The van der Waals surface area contributed by atoms with Crippen LogP contribution in [0.2, 0.25) is 0 Å². The topological polar surface area (TPSA) is 58.6 Å². The van der Waals surface area contributed by atoms with Crippen molar-refractivity contribution in [2.75, 3.05) is 20.2 Å². The molecule has 0 aromatic heterocycles. The third-order valence-electron chi connectivity index (χ3n) is 5.54. The molecule has 0 radical (unpaired) electrons. The van der Waals surface area contributed by atoms with Gasteiger partial charge in [-0.2, -0.15) is 0 Å². The van der Waals surface area contributed by atoms with E-state index in [9.17, 15) is 9.59 Å². The summed E-state index contributed by atoms with van der Waals surface area (Å²) in [7, 11) is 1.62. The minimum absolute atomic E-state index is 0.00339. The molecule has 1 aliphatic carbocycles. The molecule has 2 fully saturated rings. The van der Waals surface area contributed by atoms with E-state index >= 15 is 0 Å².